The second-order valence-electron chi connectivity index (χ2n) is 2.83. The quantitative estimate of drug-likeness (QED) is 0.808. The average Bonchev–Trinajstić information content (AvgIpc) is 2.70. The number of aliphatic hydroxyl groups excluding tert-OH is 1. The summed E-state index contributed by atoms with van der Waals surface area (Å²) < 4.78 is 0. The molecule has 0 fully saturated rings. The topological polar surface area (TPSA) is 58.9 Å². The zero-order valence-corrected chi connectivity index (χ0v) is 8.45. The fraction of sp³-hybridized carbons (Fsp3) is 0.222. The summed E-state index contributed by atoms with van der Waals surface area (Å²) in [6, 6.07) is 0. The molecular formula is C9H9N3OS. The van der Waals surface area contributed by atoms with Gasteiger partial charge in [0.05, 0.1) is 17.0 Å². The molecule has 1 N–H and O–H groups in total. The van der Waals surface area contributed by atoms with Crippen molar-refractivity contribution in [1.29, 1.82) is 0 Å². The second kappa shape index (κ2) is 3.81. The minimum absolute atomic E-state index is 0.0190. The van der Waals surface area contributed by atoms with Gasteiger partial charge in [-0.1, -0.05) is 0 Å². The Morgan fingerprint density at radius 1 is 1.43 bits per heavy atom. The molecule has 0 saturated carbocycles. The Balaban J connectivity index is 2.43. The first-order valence-corrected chi connectivity index (χ1v) is 5.01. The van der Waals surface area contributed by atoms with Crippen LogP contribution in [0.4, 0.5) is 0 Å². The van der Waals surface area contributed by atoms with Gasteiger partial charge in [-0.3, -0.25) is 4.98 Å². The lowest BCUT2D eigenvalue weighted by molar-refractivity contribution is 0.280. The molecule has 0 unspecified atom stereocenters. The van der Waals surface area contributed by atoms with Crippen molar-refractivity contribution >= 4 is 11.3 Å². The van der Waals surface area contributed by atoms with Crippen LogP contribution in [-0.2, 0) is 6.61 Å². The number of aliphatic hydroxyl groups is 1. The molecule has 2 heterocycles. The van der Waals surface area contributed by atoms with Crippen LogP contribution < -0.4 is 0 Å². The molecule has 0 aliphatic heterocycles. The molecule has 5 heteroatoms. The Labute approximate surface area is 85.3 Å². The molecule has 0 bridgehead atoms. The molecule has 14 heavy (non-hydrogen) atoms. The van der Waals surface area contributed by atoms with E-state index in [0.717, 1.165) is 16.1 Å². The molecule has 72 valence electrons. The van der Waals surface area contributed by atoms with E-state index in [1.54, 1.807) is 17.9 Å². The maximum atomic E-state index is 8.95. The Kier molecular flexibility index (Phi) is 2.51. The number of nitrogens with zero attached hydrogens (tertiary/aromatic N) is 3. The van der Waals surface area contributed by atoms with E-state index in [9.17, 15) is 0 Å². The summed E-state index contributed by atoms with van der Waals surface area (Å²) in [5.41, 5.74) is 3.32. The lowest BCUT2D eigenvalue weighted by Gasteiger charge is -2.01. The first kappa shape index (κ1) is 9.23. The van der Waals surface area contributed by atoms with Gasteiger partial charge < -0.3 is 5.11 Å². The normalized spacial score (nSPS) is 10.4. The molecule has 4 nitrogen and oxygen atoms in total. The maximum Gasteiger partial charge on any atom is 0.171 e. The maximum absolute atomic E-state index is 8.95. The summed E-state index contributed by atoms with van der Waals surface area (Å²) >= 11 is 1.50. The van der Waals surface area contributed by atoms with Gasteiger partial charge in [-0.15, -0.1) is 11.3 Å². The minimum atomic E-state index is -0.0190. The van der Waals surface area contributed by atoms with Gasteiger partial charge in [-0.25, -0.2) is 9.97 Å². The van der Waals surface area contributed by atoms with E-state index >= 15 is 0 Å². The SMILES string of the molecule is Cc1nc(-c2cncs2)ncc1CO. The van der Waals surface area contributed by atoms with Gasteiger partial charge in [0, 0.05) is 23.7 Å². The van der Waals surface area contributed by atoms with Crippen molar-refractivity contribution in [3.8, 4) is 10.7 Å². The second-order valence-corrected chi connectivity index (χ2v) is 3.71. The Morgan fingerprint density at radius 2 is 2.29 bits per heavy atom. The lowest BCUT2D eigenvalue weighted by atomic mass is 10.2. The van der Waals surface area contributed by atoms with Crippen molar-refractivity contribution in [2.24, 2.45) is 0 Å². The molecule has 0 amide bonds. The van der Waals surface area contributed by atoms with Crippen molar-refractivity contribution in [3.05, 3.63) is 29.2 Å². The lowest BCUT2D eigenvalue weighted by Crippen LogP contribution is -1.96. The molecule has 0 spiro atoms. The van der Waals surface area contributed by atoms with Gasteiger partial charge in [0.25, 0.3) is 0 Å². The van der Waals surface area contributed by atoms with Crippen molar-refractivity contribution in [2.75, 3.05) is 0 Å². The third-order valence-corrected chi connectivity index (χ3v) is 2.67. The zero-order chi connectivity index (χ0) is 9.97. The van der Waals surface area contributed by atoms with Crippen LogP contribution in [0.25, 0.3) is 10.7 Å². The zero-order valence-electron chi connectivity index (χ0n) is 7.64. The highest BCUT2D eigenvalue weighted by Crippen LogP contribution is 2.19. The van der Waals surface area contributed by atoms with Crippen molar-refractivity contribution in [2.45, 2.75) is 13.5 Å². The molecule has 0 saturated heterocycles. The molecule has 0 aromatic carbocycles. The smallest absolute Gasteiger partial charge is 0.171 e. The predicted molar refractivity (Wildman–Crippen MR) is 53.8 cm³/mol. The van der Waals surface area contributed by atoms with Crippen LogP contribution in [0.3, 0.4) is 0 Å². The summed E-state index contributed by atoms with van der Waals surface area (Å²) in [6.07, 6.45) is 3.38. The third-order valence-electron chi connectivity index (χ3n) is 1.90. The summed E-state index contributed by atoms with van der Waals surface area (Å²) in [7, 11) is 0. The first-order chi connectivity index (χ1) is 6.81. The third kappa shape index (κ3) is 1.64. The number of hydrogen-bond donors (Lipinski definition) is 1. The van der Waals surface area contributed by atoms with E-state index in [1.165, 1.54) is 11.3 Å². The van der Waals surface area contributed by atoms with Crippen molar-refractivity contribution in [1.82, 2.24) is 15.0 Å². The highest BCUT2D eigenvalue weighted by atomic mass is 32.1. The Hall–Kier alpha value is -1.33. The molecular weight excluding hydrogens is 198 g/mol. The standard InChI is InChI=1S/C9H9N3OS/c1-6-7(4-13)2-11-9(12-6)8-3-10-5-14-8/h2-3,5,13H,4H2,1H3. The van der Waals surface area contributed by atoms with Gasteiger partial charge in [0.2, 0.25) is 0 Å². The largest absolute Gasteiger partial charge is 0.392 e. The van der Waals surface area contributed by atoms with E-state index < -0.39 is 0 Å². The molecule has 2 rings (SSSR count). The first-order valence-electron chi connectivity index (χ1n) is 4.13. The number of rotatable bonds is 2. The van der Waals surface area contributed by atoms with Gasteiger partial charge in [0.15, 0.2) is 5.82 Å². The van der Waals surface area contributed by atoms with Crippen LogP contribution in [0.5, 0.6) is 0 Å². The number of aryl methyl sites for hydroxylation is 1. The van der Waals surface area contributed by atoms with E-state index in [2.05, 4.69) is 15.0 Å². The van der Waals surface area contributed by atoms with Crippen LogP contribution in [0.15, 0.2) is 17.9 Å². The number of thiazole rings is 1. The minimum Gasteiger partial charge on any atom is -0.392 e. The number of hydrogen-bond acceptors (Lipinski definition) is 5. The van der Waals surface area contributed by atoms with Crippen molar-refractivity contribution in [3.63, 3.8) is 0 Å². The summed E-state index contributed by atoms with van der Waals surface area (Å²) in [5.74, 6) is 0.669. The molecule has 0 aliphatic rings. The van der Waals surface area contributed by atoms with E-state index in [0.29, 0.717) is 5.82 Å². The van der Waals surface area contributed by atoms with Gasteiger partial charge in [0.1, 0.15) is 0 Å². The molecule has 0 aliphatic carbocycles. The highest BCUT2D eigenvalue weighted by Gasteiger charge is 2.05. The van der Waals surface area contributed by atoms with Gasteiger partial charge in [-0.05, 0) is 6.92 Å². The number of aromatic nitrogens is 3. The molecule has 2 aromatic rings. The van der Waals surface area contributed by atoms with E-state index in [-0.39, 0.29) is 6.61 Å². The fourth-order valence-corrected chi connectivity index (χ4v) is 1.65. The van der Waals surface area contributed by atoms with Crippen LogP contribution in [-0.4, -0.2) is 20.1 Å². The van der Waals surface area contributed by atoms with Gasteiger partial charge in [-0.2, -0.15) is 0 Å². The van der Waals surface area contributed by atoms with Gasteiger partial charge >= 0.3 is 0 Å². The summed E-state index contributed by atoms with van der Waals surface area (Å²) in [6.45, 7) is 1.84. The molecule has 2 aromatic heterocycles. The summed E-state index contributed by atoms with van der Waals surface area (Å²) in [5, 5.41) is 8.95. The highest BCUT2D eigenvalue weighted by molar-refractivity contribution is 7.13. The van der Waals surface area contributed by atoms with Crippen LogP contribution in [0, 0.1) is 6.92 Å². The van der Waals surface area contributed by atoms with Crippen LogP contribution in [0.2, 0.25) is 0 Å². The summed E-state index contributed by atoms with van der Waals surface area (Å²) in [4.78, 5) is 13.3. The Morgan fingerprint density at radius 3 is 2.86 bits per heavy atom. The Bertz CT molecular complexity index is 428. The van der Waals surface area contributed by atoms with E-state index in [4.69, 9.17) is 5.11 Å². The fourth-order valence-electron chi connectivity index (χ4n) is 1.09. The monoisotopic (exact) mass is 207 g/mol. The molecule has 0 radical (unpaired) electrons. The molecule has 0 atom stereocenters. The van der Waals surface area contributed by atoms with Crippen molar-refractivity contribution < 1.29 is 5.11 Å². The average molecular weight is 207 g/mol. The van der Waals surface area contributed by atoms with Crippen LogP contribution >= 0.6 is 11.3 Å². The van der Waals surface area contributed by atoms with Crippen LogP contribution in [0.1, 0.15) is 11.3 Å². The predicted octanol–water partition coefficient (Wildman–Crippen LogP) is 1.40. The van der Waals surface area contributed by atoms with E-state index in [1.807, 2.05) is 6.92 Å².